The lowest BCUT2D eigenvalue weighted by Gasteiger charge is -2.35. The van der Waals surface area contributed by atoms with E-state index in [9.17, 15) is 0 Å². The van der Waals surface area contributed by atoms with Gasteiger partial charge in [-0.25, -0.2) is 9.97 Å². The molecule has 0 amide bonds. The van der Waals surface area contributed by atoms with Crippen LogP contribution in [0.25, 0.3) is 0 Å². The molecule has 0 aromatic carbocycles. The lowest BCUT2D eigenvalue weighted by atomic mass is 9.78. The Hall–Kier alpha value is -0.640. The summed E-state index contributed by atoms with van der Waals surface area (Å²) in [5.74, 6) is 4.12. The van der Waals surface area contributed by atoms with Gasteiger partial charge in [0.25, 0.3) is 0 Å². The van der Waals surface area contributed by atoms with E-state index >= 15 is 0 Å². The maximum Gasteiger partial charge on any atom is 0.135 e. The van der Waals surface area contributed by atoms with Crippen LogP contribution in [0.5, 0.6) is 0 Å². The van der Waals surface area contributed by atoms with Crippen LogP contribution in [0, 0.1) is 11.8 Å². The van der Waals surface area contributed by atoms with Gasteiger partial charge in [0.2, 0.25) is 0 Å². The van der Waals surface area contributed by atoms with E-state index in [4.69, 9.17) is 4.98 Å². The third-order valence-corrected chi connectivity index (χ3v) is 5.10. The highest BCUT2D eigenvalue weighted by molar-refractivity contribution is 9.10. The van der Waals surface area contributed by atoms with Crippen LogP contribution >= 0.6 is 15.9 Å². The van der Waals surface area contributed by atoms with Gasteiger partial charge in [-0.3, -0.25) is 0 Å². The van der Waals surface area contributed by atoms with E-state index in [2.05, 4.69) is 40.1 Å². The standard InChI is InChI=1S/C15H22BrN3/c1-9-4-3-5-12(10(9)2)17-14-8-13(16)18-15(19-14)11-6-7-11/h8-12H,3-7H2,1-2H3,(H,17,18,19). The summed E-state index contributed by atoms with van der Waals surface area (Å²) in [6.45, 7) is 4.73. The van der Waals surface area contributed by atoms with E-state index in [1.54, 1.807) is 0 Å². The van der Waals surface area contributed by atoms with E-state index in [1.807, 2.05) is 6.07 Å². The molecule has 1 aromatic heterocycles. The minimum atomic E-state index is 0.553. The van der Waals surface area contributed by atoms with Crippen LogP contribution in [-0.2, 0) is 0 Å². The Morgan fingerprint density at radius 2 is 1.95 bits per heavy atom. The van der Waals surface area contributed by atoms with Gasteiger partial charge in [0.05, 0.1) is 0 Å². The summed E-state index contributed by atoms with van der Waals surface area (Å²) in [4.78, 5) is 9.19. The summed E-state index contributed by atoms with van der Waals surface area (Å²) < 4.78 is 0.906. The first-order chi connectivity index (χ1) is 9.13. The third kappa shape index (κ3) is 3.10. The summed E-state index contributed by atoms with van der Waals surface area (Å²) in [5.41, 5.74) is 0. The lowest BCUT2D eigenvalue weighted by Crippen LogP contribution is -2.35. The maximum absolute atomic E-state index is 4.70. The van der Waals surface area contributed by atoms with E-state index < -0.39 is 0 Å². The lowest BCUT2D eigenvalue weighted by molar-refractivity contribution is 0.253. The second kappa shape index (κ2) is 5.39. The number of halogens is 1. The number of nitrogens with one attached hydrogen (secondary N) is 1. The summed E-state index contributed by atoms with van der Waals surface area (Å²) in [7, 11) is 0. The molecule has 3 unspecified atom stereocenters. The maximum atomic E-state index is 4.70. The summed E-state index contributed by atoms with van der Waals surface area (Å²) in [5, 5.41) is 3.64. The molecule has 2 fully saturated rings. The van der Waals surface area contributed by atoms with Crippen LogP contribution in [0.15, 0.2) is 10.7 Å². The first-order valence-corrected chi connectivity index (χ1v) is 8.24. The van der Waals surface area contributed by atoms with Gasteiger partial charge in [-0.1, -0.05) is 26.7 Å². The van der Waals surface area contributed by atoms with Crippen LogP contribution in [0.3, 0.4) is 0 Å². The molecular weight excluding hydrogens is 302 g/mol. The zero-order chi connectivity index (χ0) is 13.4. The fourth-order valence-corrected chi connectivity index (χ4v) is 3.41. The molecule has 3 rings (SSSR count). The van der Waals surface area contributed by atoms with E-state index in [0.717, 1.165) is 22.2 Å². The van der Waals surface area contributed by atoms with Crippen LogP contribution in [-0.4, -0.2) is 16.0 Å². The Balaban J connectivity index is 1.75. The number of anilines is 1. The van der Waals surface area contributed by atoms with Gasteiger partial charge in [-0.05, 0) is 47.0 Å². The van der Waals surface area contributed by atoms with E-state index in [1.165, 1.54) is 32.1 Å². The highest BCUT2D eigenvalue weighted by atomic mass is 79.9. The number of nitrogens with zero attached hydrogens (tertiary/aromatic N) is 2. The molecule has 104 valence electrons. The van der Waals surface area contributed by atoms with E-state index in [-0.39, 0.29) is 0 Å². The Morgan fingerprint density at radius 3 is 2.68 bits per heavy atom. The smallest absolute Gasteiger partial charge is 0.135 e. The van der Waals surface area contributed by atoms with Gasteiger partial charge < -0.3 is 5.32 Å². The highest BCUT2D eigenvalue weighted by Crippen LogP contribution is 2.39. The average Bonchev–Trinajstić information content (AvgIpc) is 3.18. The van der Waals surface area contributed by atoms with Gasteiger partial charge in [0.15, 0.2) is 0 Å². The molecule has 0 bridgehead atoms. The minimum Gasteiger partial charge on any atom is -0.367 e. The molecule has 1 N–H and O–H groups in total. The first-order valence-electron chi connectivity index (χ1n) is 7.44. The first kappa shape index (κ1) is 13.3. The Bertz CT molecular complexity index is 459. The summed E-state index contributed by atoms with van der Waals surface area (Å²) in [6, 6.07) is 2.57. The molecule has 0 spiro atoms. The van der Waals surface area contributed by atoms with Crippen molar-refractivity contribution in [3.05, 3.63) is 16.5 Å². The SMILES string of the molecule is CC1CCCC(Nc2cc(Br)nc(C3CC3)n2)C1C. The molecule has 3 nitrogen and oxygen atoms in total. The monoisotopic (exact) mass is 323 g/mol. The molecule has 2 aliphatic carbocycles. The number of aromatic nitrogens is 2. The molecule has 1 aromatic rings. The van der Waals surface area contributed by atoms with Crippen LogP contribution in [0.4, 0.5) is 5.82 Å². The van der Waals surface area contributed by atoms with Crippen LogP contribution < -0.4 is 5.32 Å². The van der Waals surface area contributed by atoms with Crippen molar-refractivity contribution >= 4 is 21.7 Å². The Morgan fingerprint density at radius 1 is 1.16 bits per heavy atom. The van der Waals surface area contributed by atoms with Gasteiger partial charge in [0, 0.05) is 18.0 Å². The molecule has 2 aliphatic rings. The predicted octanol–water partition coefficient (Wildman–Crippen LogP) is 4.35. The second-order valence-corrected chi connectivity index (χ2v) is 7.04. The molecule has 0 radical (unpaired) electrons. The molecule has 0 saturated heterocycles. The zero-order valence-corrected chi connectivity index (χ0v) is 13.3. The van der Waals surface area contributed by atoms with Crippen molar-refractivity contribution in [2.75, 3.05) is 5.32 Å². The molecular formula is C15H22BrN3. The summed E-state index contributed by atoms with van der Waals surface area (Å²) in [6.07, 6.45) is 6.43. The molecule has 3 atom stereocenters. The largest absolute Gasteiger partial charge is 0.367 e. The van der Waals surface area contributed by atoms with Gasteiger partial charge >= 0.3 is 0 Å². The summed E-state index contributed by atoms with van der Waals surface area (Å²) >= 11 is 3.51. The topological polar surface area (TPSA) is 37.8 Å². The predicted molar refractivity (Wildman–Crippen MR) is 81.3 cm³/mol. The van der Waals surface area contributed by atoms with Crippen molar-refractivity contribution in [2.45, 2.75) is 57.9 Å². The van der Waals surface area contributed by atoms with Crippen molar-refractivity contribution in [3.63, 3.8) is 0 Å². The normalized spacial score (nSPS) is 31.2. The van der Waals surface area contributed by atoms with Crippen molar-refractivity contribution in [1.82, 2.24) is 9.97 Å². The van der Waals surface area contributed by atoms with Crippen molar-refractivity contribution in [1.29, 1.82) is 0 Å². The molecule has 0 aliphatic heterocycles. The van der Waals surface area contributed by atoms with Gasteiger partial charge in [0.1, 0.15) is 16.2 Å². The van der Waals surface area contributed by atoms with Gasteiger partial charge in [-0.2, -0.15) is 0 Å². The highest BCUT2D eigenvalue weighted by Gasteiger charge is 2.29. The molecule has 4 heteroatoms. The number of hydrogen-bond donors (Lipinski definition) is 1. The van der Waals surface area contributed by atoms with Crippen molar-refractivity contribution in [3.8, 4) is 0 Å². The van der Waals surface area contributed by atoms with Crippen LogP contribution in [0.1, 0.15) is 57.7 Å². The molecule has 1 heterocycles. The number of hydrogen-bond acceptors (Lipinski definition) is 3. The zero-order valence-electron chi connectivity index (χ0n) is 11.7. The van der Waals surface area contributed by atoms with Gasteiger partial charge in [-0.15, -0.1) is 0 Å². The second-order valence-electron chi connectivity index (χ2n) is 6.23. The molecule has 2 saturated carbocycles. The Kier molecular flexibility index (Phi) is 3.79. The fourth-order valence-electron chi connectivity index (χ4n) is 3.01. The molecule has 19 heavy (non-hydrogen) atoms. The fraction of sp³-hybridized carbons (Fsp3) is 0.733. The van der Waals surface area contributed by atoms with Crippen molar-refractivity contribution < 1.29 is 0 Å². The van der Waals surface area contributed by atoms with Crippen LogP contribution in [0.2, 0.25) is 0 Å². The Labute approximate surface area is 123 Å². The minimum absolute atomic E-state index is 0.553. The van der Waals surface area contributed by atoms with Crippen molar-refractivity contribution in [2.24, 2.45) is 11.8 Å². The average molecular weight is 324 g/mol. The van der Waals surface area contributed by atoms with E-state index in [0.29, 0.717) is 17.9 Å². The number of rotatable bonds is 3. The quantitative estimate of drug-likeness (QED) is 0.840. The third-order valence-electron chi connectivity index (χ3n) is 4.69.